The van der Waals surface area contributed by atoms with Crippen molar-refractivity contribution < 1.29 is 4.79 Å². The molecule has 6 heteroatoms. The number of carbonyl (C=O) groups is 1. The number of rotatable bonds is 10. The molecule has 1 amide bonds. The third-order valence-corrected chi connectivity index (χ3v) is 6.29. The number of likely N-dealkylation sites (tertiary alicyclic amines) is 1. The summed E-state index contributed by atoms with van der Waals surface area (Å²) in [6, 6.07) is 0. The van der Waals surface area contributed by atoms with Crippen LogP contribution >= 0.6 is 0 Å². The molecule has 0 unspecified atom stereocenters. The van der Waals surface area contributed by atoms with Crippen molar-refractivity contribution in [2.45, 2.75) is 65.2 Å². The van der Waals surface area contributed by atoms with Crippen LogP contribution in [-0.2, 0) is 4.79 Å². The molecule has 4 N–H and O–H groups in total. The number of guanidine groups is 1. The maximum absolute atomic E-state index is 11.2. The van der Waals surface area contributed by atoms with Gasteiger partial charge in [-0.2, -0.15) is 0 Å². The van der Waals surface area contributed by atoms with Gasteiger partial charge >= 0.3 is 0 Å². The van der Waals surface area contributed by atoms with E-state index in [2.05, 4.69) is 34.4 Å². The van der Waals surface area contributed by atoms with E-state index in [1.807, 2.05) is 7.05 Å². The van der Waals surface area contributed by atoms with Gasteiger partial charge in [-0.05, 0) is 75.9 Å². The zero-order valence-electron chi connectivity index (χ0n) is 17.7. The van der Waals surface area contributed by atoms with Crippen LogP contribution in [0.5, 0.6) is 0 Å². The van der Waals surface area contributed by atoms with Gasteiger partial charge in [0.25, 0.3) is 0 Å². The Hall–Kier alpha value is -1.30. The van der Waals surface area contributed by atoms with Gasteiger partial charge in [0.1, 0.15) is 0 Å². The van der Waals surface area contributed by atoms with Crippen LogP contribution in [0.15, 0.2) is 4.99 Å². The molecule has 0 atom stereocenters. The number of unbranched alkanes of at least 4 members (excludes halogenated alkanes) is 1. The third kappa shape index (κ3) is 7.32. The summed E-state index contributed by atoms with van der Waals surface area (Å²) < 4.78 is 0. The highest BCUT2D eigenvalue weighted by molar-refractivity contribution is 5.79. The predicted molar refractivity (Wildman–Crippen MR) is 113 cm³/mol. The number of hydrogen-bond donors (Lipinski definition) is 3. The van der Waals surface area contributed by atoms with Crippen molar-refractivity contribution in [3.05, 3.63) is 0 Å². The molecular weight excluding hydrogens is 338 g/mol. The van der Waals surface area contributed by atoms with Crippen LogP contribution in [-0.4, -0.2) is 56.5 Å². The van der Waals surface area contributed by atoms with Crippen LogP contribution in [0.25, 0.3) is 0 Å². The fraction of sp³-hybridized carbons (Fsp3) is 0.905. The summed E-state index contributed by atoms with van der Waals surface area (Å²) in [7, 11) is 1.86. The van der Waals surface area contributed by atoms with Crippen LogP contribution < -0.4 is 16.4 Å². The summed E-state index contributed by atoms with van der Waals surface area (Å²) in [4.78, 5) is 18.1. The van der Waals surface area contributed by atoms with Crippen molar-refractivity contribution in [2.75, 3.05) is 39.8 Å². The first-order valence-electron chi connectivity index (χ1n) is 10.9. The summed E-state index contributed by atoms with van der Waals surface area (Å²) in [6.45, 7) is 9.75. The van der Waals surface area contributed by atoms with Gasteiger partial charge in [-0.3, -0.25) is 9.79 Å². The number of nitrogens with two attached hydrogens (primary N) is 1. The van der Waals surface area contributed by atoms with E-state index in [0.717, 1.165) is 63.9 Å². The summed E-state index contributed by atoms with van der Waals surface area (Å²) in [5.41, 5.74) is 5.89. The van der Waals surface area contributed by atoms with Crippen molar-refractivity contribution >= 4 is 11.9 Å². The lowest BCUT2D eigenvalue weighted by atomic mass is 9.64. The molecule has 2 rings (SSSR count). The number of nitrogens with one attached hydrogen (secondary N) is 2. The van der Waals surface area contributed by atoms with Crippen LogP contribution in [0, 0.1) is 17.3 Å². The molecule has 0 bridgehead atoms. The maximum Gasteiger partial charge on any atom is 0.220 e. The minimum absolute atomic E-state index is 0.0898. The topological polar surface area (TPSA) is 82.8 Å². The fourth-order valence-corrected chi connectivity index (χ4v) is 4.60. The van der Waals surface area contributed by atoms with Gasteiger partial charge in [-0.15, -0.1) is 0 Å². The molecule has 2 aliphatic rings. The van der Waals surface area contributed by atoms with Crippen LogP contribution in [0.4, 0.5) is 0 Å². The lowest BCUT2D eigenvalue weighted by molar-refractivity contribution is -0.123. The van der Waals surface area contributed by atoms with E-state index < -0.39 is 0 Å². The smallest absolute Gasteiger partial charge is 0.220 e. The SMILES string of the molecule is CN=C(NCCCCN1CCC(C(N)=O)CC1)NCC1(CC(C)C)CCC1. The number of amides is 1. The Morgan fingerprint density at radius 2 is 1.93 bits per heavy atom. The first-order chi connectivity index (χ1) is 12.9. The van der Waals surface area contributed by atoms with E-state index in [1.54, 1.807) is 0 Å². The van der Waals surface area contributed by atoms with E-state index >= 15 is 0 Å². The predicted octanol–water partition coefficient (Wildman–Crippen LogP) is 2.35. The second-order valence-corrected chi connectivity index (χ2v) is 9.03. The van der Waals surface area contributed by atoms with E-state index in [-0.39, 0.29) is 11.8 Å². The van der Waals surface area contributed by atoms with Crippen LogP contribution in [0.3, 0.4) is 0 Å². The Morgan fingerprint density at radius 3 is 2.44 bits per heavy atom. The maximum atomic E-state index is 11.2. The number of piperidine rings is 1. The van der Waals surface area contributed by atoms with Gasteiger partial charge in [0.05, 0.1) is 0 Å². The molecule has 0 radical (unpaired) electrons. The summed E-state index contributed by atoms with van der Waals surface area (Å²) >= 11 is 0. The summed E-state index contributed by atoms with van der Waals surface area (Å²) in [5.74, 6) is 1.66. The van der Waals surface area contributed by atoms with Gasteiger partial charge in [0.2, 0.25) is 5.91 Å². The Kier molecular flexibility index (Phi) is 8.87. The molecule has 1 heterocycles. The quantitative estimate of drug-likeness (QED) is 0.309. The largest absolute Gasteiger partial charge is 0.369 e. The number of aliphatic imine (C=N–C) groups is 1. The van der Waals surface area contributed by atoms with Crippen molar-refractivity contribution in [3.8, 4) is 0 Å². The average Bonchev–Trinajstić information content (AvgIpc) is 2.61. The van der Waals surface area contributed by atoms with E-state index in [0.29, 0.717) is 5.41 Å². The average molecular weight is 380 g/mol. The zero-order valence-corrected chi connectivity index (χ0v) is 17.7. The molecule has 27 heavy (non-hydrogen) atoms. The second-order valence-electron chi connectivity index (χ2n) is 9.03. The molecule has 0 spiro atoms. The number of hydrogen-bond acceptors (Lipinski definition) is 3. The highest BCUT2D eigenvalue weighted by atomic mass is 16.1. The van der Waals surface area contributed by atoms with E-state index in [1.165, 1.54) is 32.1 Å². The van der Waals surface area contributed by atoms with Crippen molar-refractivity contribution in [1.82, 2.24) is 15.5 Å². The first-order valence-corrected chi connectivity index (χ1v) is 10.9. The Labute approximate surface area is 165 Å². The molecule has 6 nitrogen and oxygen atoms in total. The molecule has 156 valence electrons. The molecule has 1 saturated heterocycles. The molecule has 0 aromatic carbocycles. The Balaban J connectivity index is 1.55. The first kappa shape index (κ1) is 22.0. The van der Waals surface area contributed by atoms with Gasteiger partial charge < -0.3 is 21.3 Å². The molecule has 0 aromatic rings. The monoisotopic (exact) mass is 379 g/mol. The van der Waals surface area contributed by atoms with Crippen molar-refractivity contribution in [3.63, 3.8) is 0 Å². The third-order valence-electron chi connectivity index (χ3n) is 6.29. The molecule has 2 fully saturated rings. The van der Waals surface area contributed by atoms with Gasteiger partial charge in [0, 0.05) is 26.1 Å². The highest BCUT2D eigenvalue weighted by Crippen LogP contribution is 2.45. The van der Waals surface area contributed by atoms with E-state index in [9.17, 15) is 4.79 Å². The van der Waals surface area contributed by atoms with Crippen LogP contribution in [0.1, 0.15) is 65.2 Å². The number of carbonyl (C=O) groups excluding carboxylic acids is 1. The molecule has 1 aliphatic carbocycles. The molecule has 1 saturated carbocycles. The van der Waals surface area contributed by atoms with Gasteiger partial charge in [-0.1, -0.05) is 20.3 Å². The lowest BCUT2D eigenvalue weighted by Gasteiger charge is -2.43. The molecule has 1 aliphatic heterocycles. The fourth-order valence-electron chi connectivity index (χ4n) is 4.60. The van der Waals surface area contributed by atoms with Crippen LogP contribution in [0.2, 0.25) is 0 Å². The van der Waals surface area contributed by atoms with Crippen molar-refractivity contribution in [1.29, 1.82) is 0 Å². The lowest BCUT2D eigenvalue weighted by Crippen LogP contribution is -2.47. The number of nitrogens with zero attached hydrogens (tertiary/aromatic N) is 2. The summed E-state index contributed by atoms with van der Waals surface area (Å²) in [5, 5.41) is 7.02. The van der Waals surface area contributed by atoms with E-state index in [4.69, 9.17) is 5.73 Å². The molecule has 0 aromatic heterocycles. The number of primary amides is 1. The standard InChI is InChI=1S/C21H41N5O/c1-17(2)15-21(9-6-10-21)16-25-20(23-3)24-11-4-5-12-26-13-7-18(8-14-26)19(22)27/h17-18H,4-16H2,1-3H3,(H2,22,27)(H2,23,24,25). The zero-order chi connectivity index (χ0) is 19.7. The second kappa shape index (κ2) is 10.9. The Morgan fingerprint density at radius 1 is 1.22 bits per heavy atom. The van der Waals surface area contributed by atoms with Crippen molar-refractivity contribution in [2.24, 2.45) is 28.0 Å². The normalized spacial score (nSPS) is 21.1. The van der Waals surface area contributed by atoms with Gasteiger partial charge in [-0.25, -0.2) is 0 Å². The minimum Gasteiger partial charge on any atom is -0.369 e. The Bertz CT molecular complexity index is 479. The molecular formula is C21H41N5O. The van der Waals surface area contributed by atoms with Gasteiger partial charge in [0.15, 0.2) is 5.96 Å². The summed E-state index contributed by atoms with van der Waals surface area (Å²) in [6.07, 6.45) is 9.52. The minimum atomic E-state index is -0.130. The highest BCUT2D eigenvalue weighted by Gasteiger charge is 2.37.